The van der Waals surface area contributed by atoms with Gasteiger partial charge in [-0.05, 0) is 36.8 Å². The van der Waals surface area contributed by atoms with Gasteiger partial charge in [-0.3, -0.25) is 4.79 Å². The molecule has 2 atom stereocenters. The summed E-state index contributed by atoms with van der Waals surface area (Å²) >= 11 is 0. The van der Waals surface area contributed by atoms with Crippen LogP contribution in [0.2, 0.25) is 0 Å². The maximum absolute atomic E-state index is 12.7. The van der Waals surface area contributed by atoms with Crippen LogP contribution in [0.15, 0.2) is 24.3 Å². The maximum Gasteiger partial charge on any atom is 0.229 e. The molecule has 1 aromatic carbocycles. The molecule has 3 nitrogen and oxygen atoms in total. The number of rotatable bonds is 2. The zero-order chi connectivity index (χ0) is 15.7. The molecule has 0 aromatic heterocycles. The normalized spacial score (nSPS) is 26.4. The van der Waals surface area contributed by atoms with Crippen LogP contribution in [-0.4, -0.2) is 11.4 Å². The molecule has 21 heavy (non-hydrogen) atoms. The number of carbonyl (C=O) groups is 1. The van der Waals surface area contributed by atoms with Crippen LogP contribution in [-0.2, 0) is 10.2 Å². The summed E-state index contributed by atoms with van der Waals surface area (Å²) in [5, 5.41) is 3.12. The van der Waals surface area contributed by atoms with Gasteiger partial charge in [0.1, 0.15) is 0 Å². The van der Waals surface area contributed by atoms with Crippen molar-refractivity contribution in [1.29, 1.82) is 0 Å². The molecule has 1 aliphatic rings. The summed E-state index contributed by atoms with van der Waals surface area (Å²) in [6, 6.07) is 8.05. The van der Waals surface area contributed by atoms with E-state index >= 15 is 0 Å². The molecule has 2 unspecified atom stereocenters. The standard InChI is InChI=1S/C18H28N2O/c1-17(2,3)13-9-5-6-11-15(13)20-16(21)14-10-7-8-12-18(14,4)19/h5-6,9,11,14H,7-8,10,12,19H2,1-4H3,(H,20,21). The predicted octanol–water partition coefficient (Wildman–Crippen LogP) is 3.83. The van der Waals surface area contributed by atoms with Crippen LogP contribution in [0.1, 0.15) is 58.9 Å². The molecule has 1 fully saturated rings. The van der Waals surface area contributed by atoms with Crippen molar-refractivity contribution in [1.82, 2.24) is 0 Å². The first kappa shape index (κ1) is 16.0. The van der Waals surface area contributed by atoms with Crippen molar-refractivity contribution < 1.29 is 4.79 Å². The molecule has 1 aliphatic carbocycles. The monoisotopic (exact) mass is 288 g/mol. The van der Waals surface area contributed by atoms with Gasteiger partial charge in [-0.15, -0.1) is 0 Å². The summed E-state index contributed by atoms with van der Waals surface area (Å²) in [6.45, 7) is 8.48. The van der Waals surface area contributed by atoms with E-state index in [1.807, 2.05) is 25.1 Å². The molecule has 0 saturated heterocycles. The average molecular weight is 288 g/mol. The first-order valence-corrected chi connectivity index (χ1v) is 7.91. The Hall–Kier alpha value is -1.35. The van der Waals surface area contributed by atoms with Gasteiger partial charge in [-0.1, -0.05) is 51.8 Å². The molecule has 1 amide bonds. The van der Waals surface area contributed by atoms with E-state index in [0.29, 0.717) is 0 Å². The van der Waals surface area contributed by atoms with Crippen LogP contribution in [0.3, 0.4) is 0 Å². The van der Waals surface area contributed by atoms with E-state index in [0.717, 1.165) is 36.9 Å². The third-order valence-electron chi connectivity index (χ3n) is 4.56. The van der Waals surface area contributed by atoms with Gasteiger partial charge in [0.25, 0.3) is 0 Å². The third kappa shape index (κ3) is 3.65. The largest absolute Gasteiger partial charge is 0.326 e. The number of benzene rings is 1. The Balaban J connectivity index is 2.20. The molecule has 1 aromatic rings. The Morgan fingerprint density at radius 2 is 1.95 bits per heavy atom. The summed E-state index contributed by atoms with van der Waals surface area (Å²) in [6.07, 6.45) is 4.02. The molecule has 2 rings (SSSR count). The fourth-order valence-electron chi connectivity index (χ4n) is 3.25. The Morgan fingerprint density at radius 1 is 1.29 bits per heavy atom. The summed E-state index contributed by atoms with van der Waals surface area (Å²) in [4.78, 5) is 12.7. The van der Waals surface area contributed by atoms with Crippen LogP contribution in [0.4, 0.5) is 5.69 Å². The lowest BCUT2D eigenvalue weighted by Gasteiger charge is -2.37. The van der Waals surface area contributed by atoms with E-state index in [1.165, 1.54) is 0 Å². The first-order valence-electron chi connectivity index (χ1n) is 7.91. The minimum Gasteiger partial charge on any atom is -0.326 e. The Kier molecular flexibility index (Phi) is 4.43. The number of amides is 1. The molecule has 0 aliphatic heterocycles. The number of carbonyl (C=O) groups excluding carboxylic acids is 1. The fourth-order valence-corrected chi connectivity index (χ4v) is 3.25. The number of nitrogens with one attached hydrogen (secondary N) is 1. The lowest BCUT2D eigenvalue weighted by Crippen LogP contribution is -2.51. The molecule has 116 valence electrons. The smallest absolute Gasteiger partial charge is 0.229 e. The van der Waals surface area contributed by atoms with Gasteiger partial charge in [0.2, 0.25) is 5.91 Å². The van der Waals surface area contributed by atoms with Crippen molar-refractivity contribution in [2.24, 2.45) is 11.7 Å². The molecule has 0 radical (unpaired) electrons. The van der Waals surface area contributed by atoms with E-state index in [1.54, 1.807) is 0 Å². The summed E-state index contributed by atoms with van der Waals surface area (Å²) in [5.41, 5.74) is 8.03. The van der Waals surface area contributed by atoms with Crippen molar-refractivity contribution in [2.75, 3.05) is 5.32 Å². The molecular formula is C18H28N2O. The average Bonchev–Trinajstić information content (AvgIpc) is 2.37. The number of anilines is 1. The highest BCUT2D eigenvalue weighted by Crippen LogP contribution is 2.34. The van der Waals surface area contributed by atoms with Gasteiger partial charge in [-0.2, -0.15) is 0 Å². The van der Waals surface area contributed by atoms with Crippen LogP contribution in [0.5, 0.6) is 0 Å². The van der Waals surface area contributed by atoms with Crippen molar-refractivity contribution in [2.45, 2.75) is 64.3 Å². The predicted molar refractivity (Wildman–Crippen MR) is 88.3 cm³/mol. The van der Waals surface area contributed by atoms with Gasteiger partial charge < -0.3 is 11.1 Å². The second kappa shape index (κ2) is 5.80. The quantitative estimate of drug-likeness (QED) is 0.869. The fraction of sp³-hybridized carbons (Fsp3) is 0.611. The summed E-state index contributed by atoms with van der Waals surface area (Å²) in [5.74, 6) is -0.0318. The van der Waals surface area contributed by atoms with Gasteiger partial charge >= 0.3 is 0 Å². The van der Waals surface area contributed by atoms with Crippen molar-refractivity contribution >= 4 is 11.6 Å². The molecule has 3 N–H and O–H groups in total. The lowest BCUT2D eigenvalue weighted by molar-refractivity contribution is -0.122. The maximum atomic E-state index is 12.7. The Morgan fingerprint density at radius 3 is 2.57 bits per heavy atom. The lowest BCUT2D eigenvalue weighted by atomic mass is 9.74. The molecule has 3 heteroatoms. The van der Waals surface area contributed by atoms with Gasteiger partial charge in [0.05, 0.1) is 5.92 Å². The number of para-hydroxylation sites is 1. The van der Waals surface area contributed by atoms with Gasteiger partial charge in [0, 0.05) is 11.2 Å². The van der Waals surface area contributed by atoms with Crippen molar-refractivity contribution in [3.05, 3.63) is 29.8 Å². The summed E-state index contributed by atoms with van der Waals surface area (Å²) < 4.78 is 0. The van der Waals surface area contributed by atoms with Crippen LogP contribution >= 0.6 is 0 Å². The minimum absolute atomic E-state index is 0.00244. The second-order valence-electron chi connectivity index (χ2n) is 7.59. The zero-order valence-electron chi connectivity index (χ0n) is 13.7. The SMILES string of the molecule is CC(C)(C)c1ccccc1NC(=O)C1CCCCC1(C)N. The molecule has 1 saturated carbocycles. The Labute approximate surface area is 128 Å². The highest BCUT2D eigenvalue weighted by atomic mass is 16.2. The minimum atomic E-state index is -0.390. The Bertz CT molecular complexity index is 514. The first-order chi connectivity index (χ1) is 9.72. The zero-order valence-corrected chi connectivity index (χ0v) is 13.7. The van der Waals surface area contributed by atoms with Crippen LogP contribution < -0.4 is 11.1 Å². The van der Waals surface area contributed by atoms with Crippen molar-refractivity contribution in [3.8, 4) is 0 Å². The van der Waals surface area contributed by atoms with Crippen molar-refractivity contribution in [3.63, 3.8) is 0 Å². The number of hydrogen-bond donors (Lipinski definition) is 2. The van der Waals surface area contributed by atoms with E-state index in [2.05, 4.69) is 32.2 Å². The highest BCUT2D eigenvalue weighted by Gasteiger charge is 2.38. The number of nitrogens with two attached hydrogens (primary N) is 1. The van der Waals surface area contributed by atoms with E-state index in [-0.39, 0.29) is 22.8 Å². The highest BCUT2D eigenvalue weighted by molar-refractivity contribution is 5.94. The molecule has 0 spiro atoms. The van der Waals surface area contributed by atoms with E-state index < -0.39 is 0 Å². The van der Waals surface area contributed by atoms with Crippen LogP contribution in [0.25, 0.3) is 0 Å². The topological polar surface area (TPSA) is 55.1 Å². The van der Waals surface area contributed by atoms with Gasteiger partial charge in [0.15, 0.2) is 0 Å². The second-order valence-corrected chi connectivity index (χ2v) is 7.59. The molecule has 0 heterocycles. The van der Waals surface area contributed by atoms with E-state index in [4.69, 9.17) is 5.73 Å². The van der Waals surface area contributed by atoms with Crippen LogP contribution in [0, 0.1) is 5.92 Å². The third-order valence-corrected chi connectivity index (χ3v) is 4.56. The summed E-state index contributed by atoms with van der Waals surface area (Å²) in [7, 11) is 0. The van der Waals surface area contributed by atoms with E-state index in [9.17, 15) is 4.79 Å². The molecule has 0 bridgehead atoms. The van der Waals surface area contributed by atoms with Gasteiger partial charge in [-0.25, -0.2) is 0 Å². The number of hydrogen-bond acceptors (Lipinski definition) is 2. The molecular weight excluding hydrogens is 260 g/mol.